The third-order valence-electron chi connectivity index (χ3n) is 4.03. The van der Waals surface area contributed by atoms with Gasteiger partial charge in [0.05, 0.1) is 6.10 Å². The lowest BCUT2D eigenvalue weighted by Gasteiger charge is -2.48. The molecule has 0 saturated carbocycles. The molecule has 3 atom stereocenters. The fourth-order valence-electron chi connectivity index (χ4n) is 2.88. The van der Waals surface area contributed by atoms with Gasteiger partial charge in [-0.15, -0.1) is 0 Å². The molecule has 2 rings (SSSR count). The summed E-state index contributed by atoms with van der Waals surface area (Å²) in [5, 5.41) is 10.2. The fourth-order valence-corrected chi connectivity index (χ4v) is 2.88. The second-order valence-corrected chi connectivity index (χ2v) is 6.53. The Labute approximate surface area is 111 Å². The van der Waals surface area contributed by atoms with Gasteiger partial charge in [0, 0.05) is 18.1 Å². The largest absolute Gasteiger partial charge is 0.393 e. The molecular formula is C16H25NO. The lowest BCUT2D eigenvalue weighted by atomic mass is 9.84. The minimum Gasteiger partial charge on any atom is -0.393 e. The molecule has 0 unspecified atom stereocenters. The summed E-state index contributed by atoms with van der Waals surface area (Å²) in [5.41, 5.74) is 1.45. The Bertz CT molecular complexity index is 382. The molecule has 1 aromatic rings. The first-order valence-electron chi connectivity index (χ1n) is 6.89. The Morgan fingerprint density at radius 3 is 2.33 bits per heavy atom. The summed E-state index contributed by atoms with van der Waals surface area (Å²) >= 11 is 0. The van der Waals surface area contributed by atoms with Crippen molar-refractivity contribution in [2.45, 2.75) is 51.8 Å². The first-order chi connectivity index (χ1) is 8.39. The maximum Gasteiger partial charge on any atom is 0.0596 e. The zero-order valence-corrected chi connectivity index (χ0v) is 11.9. The van der Waals surface area contributed by atoms with E-state index in [1.54, 1.807) is 0 Å². The number of benzene rings is 1. The topological polar surface area (TPSA) is 23.5 Å². The van der Waals surface area contributed by atoms with Gasteiger partial charge in [-0.1, -0.05) is 37.3 Å². The molecular weight excluding hydrogens is 222 g/mol. The second kappa shape index (κ2) is 5.02. The highest BCUT2D eigenvalue weighted by Crippen LogP contribution is 2.37. The van der Waals surface area contributed by atoms with E-state index in [1.807, 2.05) is 6.07 Å². The predicted octanol–water partition coefficient (Wildman–Crippen LogP) is 3.23. The fraction of sp³-hybridized carbons (Fsp3) is 0.625. The standard InChI is InChI=1S/C16H25NO/c1-12-11-17(16(2,3)4)14(10-15(12)18)13-8-6-5-7-9-13/h5-9,12,14-15,18H,10-11H2,1-4H3/t12-,14-,15+/m1/s1. The van der Waals surface area contributed by atoms with Gasteiger partial charge in [-0.25, -0.2) is 0 Å². The van der Waals surface area contributed by atoms with Crippen LogP contribution in [-0.2, 0) is 0 Å². The Balaban J connectivity index is 2.30. The molecule has 2 heteroatoms. The zero-order valence-electron chi connectivity index (χ0n) is 11.9. The summed E-state index contributed by atoms with van der Waals surface area (Å²) in [4.78, 5) is 2.53. The summed E-state index contributed by atoms with van der Waals surface area (Å²) < 4.78 is 0. The molecule has 1 aliphatic heterocycles. The van der Waals surface area contributed by atoms with E-state index in [2.05, 4.69) is 56.9 Å². The Kier molecular flexibility index (Phi) is 3.79. The van der Waals surface area contributed by atoms with E-state index >= 15 is 0 Å². The first kappa shape index (κ1) is 13.6. The maximum absolute atomic E-state index is 10.2. The number of piperidine rings is 1. The van der Waals surface area contributed by atoms with E-state index in [9.17, 15) is 5.11 Å². The Morgan fingerprint density at radius 1 is 1.17 bits per heavy atom. The molecule has 100 valence electrons. The molecule has 0 bridgehead atoms. The van der Waals surface area contributed by atoms with E-state index < -0.39 is 0 Å². The average Bonchev–Trinajstić information content (AvgIpc) is 2.32. The van der Waals surface area contributed by atoms with Gasteiger partial charge in [0.1, 0.15) is 0 Å². The van der Waals surface area contributed by atoms with Gasteiger partial charge in [-0.05, 0) is 38.7 Å². The molecule has 1 heterocycles. The SMILES string of the molecule is C[C@@H]1CN(C(C)(C)C)[C@@H](c2ccccc2)C[C@@H]1O. The Morgan fingerprint density at radius 2 is 1.78 bits per heavy atom. The number of aliphatic hydroxyl groups excluding tert-OH is 1. The predicted molar refractivity (Wildman–Crippen MR) is 75.4 cm³/mol. The molecule has 0 aromatic heterocycles. The van der Waals surface area contributed by atoms with Gasteiger partial charge >= 0.3 is 0 Å². The average molecular weight is 247 g/mol. The molecule has 1 saturated heterocycles. The van der Waals surface area contributed by atoms with E-state index in [4.69, 9.17) is 0 Å². The summed E-state index contributed by atoms with van der Waals surface area (Å²) in [5.74, 6) is 0.351. The van der Waals surface area contributed by atoms with Crippen molar-refractivity contribution < 1.29 is 5.11 Å². The van der Waals surface area contributed by atoms with Crippen LogP contribution in [0, 0.1) is 5.92 Å². The van der Waals surface area contributed by atoms with E-state index in [1.165, 1.54) is 5.56 Å². The molecule has 1 aliphatic rings. The van der Waals surface area contributed by atoms with Crippen molar-refractivity contribution in [3.63, 3.8) is 0 Å². The van der Waals surface area contributed by atoms with Crippen LogP contribution >= 0.6 is 0 Å². The third kappa shape index (κ3) is 2.76. The normalized spacial score (nSPS) is 30.4. The van der Waals surface area contributed by atoms with Crippen molar-refractivity contribution in [2.75, 3.05) is 6.54 Å². The van der Waals surface area contributed by atoms with Crippen LogP contribution in [0.15, 0.2) is 30.3 Å². The minimum absolute atomic E-state index is 0.134. The van der Waals surface area contributed by atoms with Crippen LogP contribution in [0.1, 0.15) is 45.7 Å². The summed E-state index contributed by atoms with van der Waals surface area (Å²) in [6.07, 6.45) is 0.649. The van der Waals surface area contributed by atoms with Gasteiger partial charge in [-0.3, -0.25) is 4.90 Å². The number of likely N-dealkylation sites (tertiary alicyclic amines) is 1. The van der Waals surface area contributed by atoms with Crippen LogP contribution in [-0.4, -0.2) is 28.2 Å². The molecule has 0 radical (unpaired) electrons. The van der Waals surface area contributed by atoms with Gasteiger partial charge in [0.15, 0.2) is 0 Å². The van der Waals surface area contributed by atoms with Crippen molar-refractivity contribution in [3.05, 3.63) is 35.9 Å². The van der Waals surface area contributed by atoms with E-state index in [0.717, 1.165) is 13.0 Å². The van der Waals surface area contributed by atoms with Crippen molar-refractivity contribution in [1.82, 2.24) is 4.90 Å². The number of hydrogen-bond donors (Lipinski definition) is 1. The second-order valence-electron chi connectivity index (χ2n) is 6.53. The zero-order chi connectivity index (χ0) is 13.3. The third-order valence-corrected chi connectivity index (χ3v) is 4.03. The monoisotopic (exact) mass is 247 g/mol. The van der Waals surface area contributed by atoms with Crippen molar-refractivity contribution in [1.29, 1.82) is 0 Å². The van der Waals surface area contributed by atoms with Crippen molar-refractivity contribution in [3.8, 4) is 0 Å². The highest BCUT2D eigenvalue weighted by atomic mass is 16.3. The quantitative estimate of drug-likeness (QED) is 0.823. The van der Waals surface area contributed by atoms with Gasteiger partial charge in [-0.2, -0.15) is 0 Å². The molecule has 0 spiro atoms. The van der Waals surface area contributed by atoms with Crippen molar-refractivity contribution >= 4 is 0 Å². The van der Waals surface area contributed by atoms with E-state index in [-0.39, 0.29) is 11.6 Å². The number of rotatable bonds is 1. The molecule has 0 aliphatic carbocycles. The molecule has 1 N–H and O–H groups in total. The highest BCUT2D eigenvalue weighted by molar-refractivity contribution is 5.20. The van der Waals surface area contributed by atoms with Crippen LogP contribution in [0.5, 0.6) is 0 Å². The van der Waals surface area contributed by atoms with Gasteiger partial charge in [0.25, 0.3) is 0 Å². The van der Waals surface area contributed by atoms with Crippen LogP contribution in [0.2, 0.25) is 0 Å². The molecule has 0 amide bonds. The smallest absolute Gasteiger partial charge is 0.0596 e. The number of hydrogen-bond acceptors (Lipinski definition) is 2. The summed E-state index contributed by atoms with van der Waals surface area (Å²) in [6, 6.07) is 10.9. The maximum atomic E-state index is 10.2. The van der Waals surface area contributed by atoms with E-state index in [0.29, 0.717) is 12.0 Å². The summed E-state index contributed by atoms with van der Waals surface area (Å²) in [7, 11) is 0. The Hall–Kier alpha value is -0.860. The van der Waals surface area contributed by atoms with Crippen LogP contribution in [0.25, 0.3) is 0 Å². The highest BCUT2D eigenvalue weighted by Gasteiger charge is 2.38. The summed E-state index contributed by atoms with van der Waals surface area (Å²) in [6.45, 7) is 9.88. The molecule has 2 nitrogen and oxygen atoms in total. The lowest BCUT2D eigenvalue weighted by molar-refractivity contribution is -0.0414. The van der Waals surface area contributed by atoms with Gasteiger partial charge < -0.3 is 5.11 Å². The van der Waals surface area contributed by atoms with Gasteiger partial charge in [0.2, 0.25) is 0 Å². The molecule has 18 heavy (non-hydrogen) atoms. The van der Waals surface area contributed by atoms with Crippen LogP contribution in [0.3, 0.4) is 0 Å². The first-order valence-corrected chi connectivity index (χ1v) is 6.89. The lowest BCUT2D eigenvalue weighted by Crippen LogP contribution is -2.52. The van der Waals surface area contributed by atoms with Crippen LogP contribution < -0.4 is 0 Å². The number of aliphatic hydroxyl groups is 1. The van der Waals surface area contributed by atoms with Crippen molar-refractivity contribution in [2.24, 2.45) is 5.92 Å². The molecule has 1 fully saturated rings. The number of nitrogens with zero attached hydrogens (tertiary/aromatic N) is 1. The van der Waals surface area contributed by atoms with Crippen LogP contribution in [0.4, 0.5) is 0 Å². The molecule has 1 aromatic carbocycles. The minimum atomic E-state index is -0.186.